The second kappa shape index (κ2) is 9.02. The summed E-state index contributed by atoms with van der Waals surface area (Å²) >= 11 is 6.08. The molecule has 5 rings (SSSR count). The summed E-state index contributed by atoms with van der Waals surface area (Å²) in [5.41, 5.74) is 2.98. The number of para-hydroxylation sites is 1. The van der Waals surface area contributed by atoms with Crippen LogP contribution in [0.1, 0.15) is 5.82 Å². The molecule has 8 heteroatoms. The zero-order valence-electron chi connectivity index (χ0n) is 17.2. The molecule has 0 bridgehead atoms. The van der Waals surface area contributed by atoms with Gasteiger partial charge >= 0.3 is 0 Å². The van der Waals surface area contributed by atoms with E-state index in [0.29, 0.717) is 22.4 Å². The first-order valence-corrected chi connectivity index (χ1v) is 10.5. The smallest absolute Gasteiger partial charge is 0.248 e. The zero-order chi connectivity index (χ0) is 22.6. The number of halogens is 1. The van der Waals surface area contributed by atoms with E-state index < -0.39 is 0 Å². The fourth-order valence-corrected chi connectivity index (χ4v) is 3.53. The van der Waals surface area contributed by atoms with E-state index in [1.807, 2.05) is 48.5 Å². The van der Waals surface area contributed by atoms with E-state index in [2.05, 4.69) is 30.6 Å². The van der Waals surface area contributed by atoms with Crippen LogP contribution in [0.5, 0.6) is 0 Å². The molecule has 7 nitrogen and oxygen atoms in total. The lowest BCUT2D eigenvalue weighted by Crippen LogP contribution is -2.08. The van der Waals surface area contributed by atoms with Gasteiger partial charge in [-0.15, -0.1) is 0 Å². The molecule has 0 aliphatic heterocycles. The second-order valence-corrected chi connectivity index (χ2v) is 7.64. The average Bonchev–Trinajstić information content (AvgIpc) is 2.83. The number of rotatable bonds is 5. The van der Waals surface area contributed by atoms with Gasteiger partial charge in [0.1, 0.15) is 12.1 Å². The first kappa shape index (κ1) is 20.5. The van der Waals surface area contributed by atoms with Crippen molar-refractivity contribution in [3.05, 3.63) is 96.2 Å². The third-order valence-corrected chi connectivity index (χ3v) is 5.12. The van der Waals surface area contributed by atoms with Crippen LogP contribution in [0.25, 0.3) is 27.9 Å². The number of benzene rings is 3. The molecule has 2 heterocycles. The minimum atomic E-state index is -0.299. The third kappa shape index (κ3) is 4.78. The maximum absolute atomic E-state index is 12.5. The van der Waals surface area contributed by atoms with Crippen LogP contribution in [0, 0.1) is 0 Å². The van der Waals surface area contributed by atoms with Crippen LogP contribution in [-0.4, -0.2) is 25.8 Å². The van der Waals surface area contributed by atoms with Gasteiger partial charge in [-0.25, -0.2) is 19.9 Å². The predicted octanol–water partition coefficient (Wildman–Crippen LogP) is 5.62. The van der Waals surface area contributed by atoms with E-state index in [9.17, 15) is 4.79 Å². The predicted molar refractivity (Wildman–Crippen MR) is 131 cm³/mol. The van der Waals surface area contributed by atoms with E-state index in [-0.39, 0.29) is 5.91 Å². The Labute approximate surface area is 194 Å². The van der Waals surface area contributed by atoms with Crippen molar-refractivity contribution in [2.75, 3.05) is 10.6 Å². The fraction of sp³-hybridized carbons (Fsp3) is 0. The molecule has 3 aromatic carbocycles. The molecular weight excluding hydrogens is 436 g/mol. The van der Waals surface area contributed by atoms with Crippen molar-refractivity contribution in [1.82, 2.24) is 19.9 Å². The number of aromatic nitrogens is 4. The Hall–Kier alpha value is -4.36. The van der Waals surface area contributed by atoms with Gasteiger partial charge in [0, 0.05) is 39.4 Å². The highest BCUT2D eigenvalue weighted by Gasteiger charge is 2.07. The van der Waals surface area contributed by atoms with Crippen LogP contribution < -0.4 is 10.6 Å². The molecular formula is C25H17ClN6O. The summed E-state index contributed by atoms with van der Waals surface area (Å²) in [6.07, 6.45) is 6.20. The van der Waals surface area contributed by atoms with Crippen LogP contribution in [0.2, 0.25) is 5.02 Å². The number of carbonyl (C=O) groups excluding carboxylic acids is 1. The molecule has 0 radical (unpaired) electrons. The Bertz CT molecular complexity index is 1520. The van der Waals surface area contributed by atoms with Crippen LogP contribution in [-0.2, 0) is 4.79 Å². The first-order valence-electron chi connectivity index (χ1n) is 10.1. The molecule has 0 saturated heterocycles. The molecule has 0 spiro atoms. The molecule has 0 saturated carbocycles. The van der Waals surface area contributed by atoms with Gasteiger partial charge in [-0.05, 0) is 48.5 Å². The summed E-state index contributed by atoms with van der Waals surface area (Å²) in [6, 6.07) is 20.5. The molecule has 0 aliphatic carbocycles. The summed E-state index contributed by atoms with van der Waals surface area (Å²) in [6.45, 7) is 0. The van der Waals surface area contributed by atoms with Crippen molar-refractivity contribution < 1.29 is 4.79 Å². The van der Waals surface area contributed by atoms with E-state index in [0.717, 1.165) is 27.5 Å². The molecule has 0 unspecified atom stereocenters. The maximum atomic E-state index is 12.5. The Morgan fingerprint density at radius 3 is 2.70 bits per heavy atom. The Morgan fingerprint density at radius 2 is 1.79 bits per heavy atom. The Kier molecular flexibility index (Phi) is 5.61. The molecule has 5 aromatic rings. The molecule has 33 heavy (non-hydrogen) atoms. The van der Waals surface area contributed by atoms with Gasteiger partial charge in [0.25, 0.3) is 0 Å². The van der Waals surface area contributed by atoms with Crippen molar-refractivity contribution >= 4 is 62.6 Å². The molecule has 1 amide bonds. The largest absolute Gasteiger partial charge is 0.340 e. The molecule has 0 fully saturated rings. The quantitative estimate of drug-likeness (QED) is 0.336. The monoisotopic (exact) mass is 452 g/mol. The van der Waals surface area contributed by atoms with Crippen molar-refractivity contribution in [1.29, 1.82) is 0 Å². The van der Waals surface area contributed by atoms with Gasteiger partial charge in [-0.1, -0.05) is 35.9 Å². The molecule has 0 atom stereocenters. The SMILES string of the molecule is O=C(/C=C/c1ncc2ccccc2n1)Nc1ccc2ncnc(Nc3cccc(Cl)c3)c2c1. The minimum absolute atomic E-state index is 0.299. The third-order valence-electron chi connectivity index (χ3n) is 4.88. The van der Waals surface area contributed by atoms with Gasteiger partial charge in [0.2, 0.25) is 5.91 Å². The number of anilines is 3. The number of hydrogen-bond acceptors (Lipinski definition) is 6. The normalized spacial score (nSPS) is 11.2. The number of carbonyl (C=O) groups is 1. The van der Waals surface area contributed by atoms with E-state index in [4.69, 9.17) is 11.6 Å². The van der Waals surface area contributed by atoms with Crippen molar-refractivity contribution in [2.24, 2.45) is 0 Å². The van der Waals surface area contributed by atoms with Crippen molar-refractivity contribution in [3.8, 4) is 0 Å². The number of hydrogen-bond donors (Lipinski definition) is 2. The number of amides is 1. The average molecular weight is 453 g/mol. The number of fused-ring (bicyclic) bond motifs is 2. The van der Waals surface area contributed by atoms with Gasteiger partial charge in [-0.3, -0.25) is 4.79 Å². The molecule has 160 valence electrons. The van der Waals surface area contributed by atoms with Crippen LogP contribution >= 0.6 is 11.6 Å². The first-order chi connectivity index (χ1) is 16.1. The topological polar surface area (TPSA) is 92.7 Å². The lowest BCUT2D eigenvalue weighted by atomic mass is 10.2. The standard InChI is InChI=1S/C25H17ClN6O/c26-17-5-3-6-18(12-17)31-25-20-13-19(8-9-22(20)28-15-29-25)30-24(33)11-10-23-27-14-16-4-1-2-7-21(16)32-23/h1-15H,(H,30,33)(H,28,29,31)/b11-10+. The second-order valence-electron chi connectivity index (χ2n) is 7.20. The maximum Gasteiger partial charge on any atom is 0.248 e. The lowest BCUT2D eigenvalue weighted by Gasteiger charge is -2.10. The highest BCUT2D eigenvalue weighted by Crippen LogP contribution is 2.26. The van der Waals surface area contributed by atoms with Crippen LogP contribution in [0.15, 0.2) is 85.3 Å². The van der Waals surface area contributed by atoms with Gasteiger partial charge in [0.05, 0.1) is 11.0 Å². The summed E-state index contributed by atoms with van der Waals surface area (Å²) in [4.78, 5) is 29.8. The lowest BCUT2D eigenvalue weighted by molar-refractivity contribution is -0.111. The molecule has 2 N–H and O–H groups in total. The summed E-state index contributed by atoms with van der Waals surface area (Å²) in [5, 5.41) is 8.43. The highest BCUT2D eigenvalue weighted by molar-refractivity contribution is 6.30. The highest BCUT2D eigenvalue weighted by atomic mass is 35.5. The number of nitrogens with one attached hydrogen (secondary N) is 2. The van der Waals surface area contributed by atoms with Gasteiger partial charge in [-0.2, -0.15) is 0 Å². The fourth-order valence-electron chi connectivity index (χ4n) is 3.34. The summed E-state index contributed by atoms with van der Waals surface area (Å²) < 4.78 is 0. The van der Waals surface area contributed by atoms with E-state index in [1.165, 1.54) is 12.4 Å². The minimum Gasteiger partial charge on any atom is -0.340 e. The van der Waals surface area contributed by atoms with E-state index in [1.54, 1.807) is 30.5 Å². The summed E-state index contributed by atoms with van der Waals surface area (Å²) in [5.74, 6) is 0.773. The van der Waals surface area contributed by atoms with Crippen molar-refractivity contribution in [2.45, 2.75) is 0 Å². The molecule has 0 aliphatic rings. The Morgan fingerprint density at radius 1 is 0.879 bits per heavy atom. The Balaban J connectivity index is 1.35. The summed E-state index contributed by atoms with van der Waals surface area (Å²) in [7, 11) is 0. The van der Waals surface area contributed by atoms with E-state index >= 15 is 0 Å². The number of nitrogens with zero attached hydrogens (tertiary/aromatic N) is 4. The van der Waals surface area contributed by atoms with Crippen molar-refractivity contribution in [3.63, 3.8) is 0 Å². The van der Waals surface area contributed by atoms with Gasteiger partial charge < -0.3 is 10.6 Å². The molecule has 2 aromatic heterocycles. The van der Waals surface area contributed by atoms with Gasteiger partial charge in [0.15, 0.2) is 5.82 Å². The van der Waals surface area contributed by atoms with Crippen LogP contribution in [0.3, 0.4) is 0 Å². The zero-order valence-corrected chi connectivity index (χ0v) is 18.0. The van der Waals surface area contributed by atoms with Crippen LogP contribution in [0.4, 0.5) is 17.2 Å².